The summed E-state index contributed by atoms with van der Waals surface area (Å²) < 4.78 is 0. The van der Waals surface area contributed by atoms with E-state index in [9.17, 15) is 29.7 Å². The molecule has 0 aliphatic carbocycles. The third-order valence-electron chi connectivity index (χ3n) is 4.37. The number of hydrogen-bond donors (Lipinski definition) is 0. The van der Waals surface area contributed by atoms with Gasteiger partial charge >= 0.3 is 17.4 Å². The van der Waals surface area contributed by atoms with Crippen LogP contribution in [0.25, 0.3) is 0 Å². The Balaban J connectivity index is -0.000000218. The predicted molar refractivity (Wildman–Crippen MR) is 142 cm³/mol. The van der Waals surface area contributed by atoms with Gasteiger partial charge in [0.1, 0.15) is 0 Å². The van der Waals surface area contributed by atoms with Gasteiger partial charge in [0.2, 0.25) is 0 Å². The van der Waals surface area contributed by atoms with Crippen LogP contribution in [0, 0.1) is 0 Å². The maximum atomic E-state index is 10.1. The van der Waals surface area contributed by atoms with E-state index < -0.39 is 17.9 Å². The van der Waals surface area contributed by atoms with Crippen molar-refractivity contribution in [2.45, 2.75) is 101 Å². The van der Waals surface area contributed by atoms with Crippen LogP contribution >= 0.6 is 0 Å². The van der Waals surface area contributed by atoms with Gasteiger partial charge in [-0.15, -0.1) is 0 Å². The van der Waals surface area contributed by atoms with Gasteiger partial charge in [-0.2, -0.15) is 0 Å². The summed E-state index contributed by atoms with van der Waals surface area (Å²) in [4.78, 5) is 30.3. The molecule has 0 aliphatic rings. The van der Waals surface area contributed by atoms with E-state index in [1.165, 1.54) is 16.7 Å². The topological polar surface area (TPSA) is 120 Å². The third kappa shape index (κ3) is 43.8. The Morgan fingerprint density at radius 3 is 0.784 bits per heavy atom. The fourth-order valence-corrected chi connectivity index (χ4v) is 2.59. The molecule has 0 saturated heterocycles. The van der Waals surface area contributed by atoms with Crippen molar-refractivity contribution < 1.29 is 47.1 Å². The Morgan fingerprint density at radius 2 is 0.649 bits per heavy atom. The zero-order valence-electron chi connectivity index (χ0n) is 24.1. The van der Waals surface area contributed by atoms with Crippen LogP contribution in [0.2, 0.25) is 0 Å². The molecule has 0 atom stereocenters. The van der Waals surface area contributed by atoms with E-state index in [0.29, 0.717) is 0 Å². The van der Waals surface area contributed by atoms with Crippen LogP contribution in [-0.2, 0) is 31.7 Å². The van der Waals surface area contributed by atoms with Gasteiger partial charge in [0.05, 0.1) is 17.9 Å². The fraction of sp³-hybridized carbons (Fsp3) is 0.500. The zero-order valence-corrected chi connectivity index (χ0v) is 25.3. The monoisotopic (exact) mass is 553 g/mol. The molecule has 0 aliphatic heterocycles. The van der Waals surface area contributed by atoms with Crippen LogP contribution in [0.3, 0.4) is 0 Å². The van der Waals surface area contributed by atoms with Gasteiger partial charge in [0.15, 0.2) is 0 Å². The Kier molecular flexibility index (Phi) is 29.7. The van der Waals surface area contributed by atoms with Crippen LogP contribution in [0.4, 0.5) is 0 Å². The fourth-order valence-electron chi connectivity index (χ4n) is 2.59. The second kappa shape index (κ2) is 26.4. The van der Waals surface area contributed by atoms with E-state index >= 15 is 0 Å². The summed E-state index contributed by atoms with van der Waals surface area (Å²) in [6.07, 6.45) is 14.8. The van der Waals surface area contributed by atoms with Crippen molar-refractivity contribution >= 4 is 17.9 Å². The number of hydrogen-bond acceptors (Lipinski definition) is 6. The molecule has 0 amide bonds. The van der Waals surface area contributed by atoms with Crippen LogP contribution in [-0.4, -0.2) is 17.9 Å². The van der Waals surface area contributed by atoms with E-state index in [4.69, 9.17) is 0 Å². The smallest absolute Gasteiger partial charge is 0.545 e. The largest absolute Gasteiger partial charge is 3.00 e. The molecule has 0 rings (SSSR count). The molecule has 0 fully saturated rings. The minimum atomic E-state index is -1.11. The zero-order chi connectivity index (χ0) is 28.7. The van der Waals surface area contributed by atoms with Gasteiger partial charge in [0.25, 0.3) is 0 Å². The summed E-state index contributed by atoms with van der Waals surface area (Å²) in [5, 5.41) is 30.3. The van der Waals surface area contributed by atoms with Crippen molar-refractivity contribution in [1.82, 2.24) is 0 Å². The first-order valence-electron chi connectivity index (χ1n) is 12.1. The summed E-state index contributed by atoms with van der Waals surface area (Å²) in [6.45, 7) is 17.6. The number of rotatable bonds is 12. The van der Waals surface area contributed by atoms with E-state index in [2.05, 4.69) is 18.2 Å². The van der Waals surface area contributed by atoms with E-state index in [1.807, 2.05) is 41.5 Å². The molecular formula is C30H45CrO6. The van der Waals surface area contributed by atoms with Crippen molar-refractivity contribution in [3.05, 3.63) is 69.9 Å². The summed E-state index contributed by atoms with van der Waals surface area (Å²) in [7, 11) is 0. The molecule has 0 bridgehead atoms. The minimum Gasteiger partial charge on any atom is -0.545 e. The number of aliphatic carboxylic acids is 3. The molecule has 7 heteroatoms. The van der Waals surface area contributed by atoms with Crippen LogP contribution in [0.5, 0.6) is 0 Å². The Labute approximate surface area is 235 Å². The van der Waals surface area contributed by atoms with Gasteiger partial charge in [-0.05, 0) is 119 Å². The average Bonchev–Trinajstić information content (AvgIpc) is 2.66. The molecular weight excluding hydrogens is 508 g/mol. The van der Waals surface area contributed by atoms with E-state index in [-0.39, 0.29) is 17.4 Å². The molecule has 0 aromatic carbocycles. The summed E-state index contributed by atoms with van der Waals surface area (Å²) in [5.41, 5.74) is 6.34. The number of carboxylic acid groups (broad SMARTS) is 3. The van der Waals surface area contributed by atoms with Crippen LogP contribution < -0.4 is 15.3 Å². The third-order valence-corrected chi connectivity index (χ3v) is 4.37. The molecule has 0 aromatic rings. The molecule has 0 aromatic heterocycles. The molecule has 1 radical (unpaired) electrons. The van der Waals surface area contributed by atoms with Crippen molar-refractivity contribution in [1.29, 1.82) is 0 Å². The molecule has 0 saturated carbocycles. The first-order chi connectivity index (χ1) is 16.6. The normalized spacial score (nSPS) is 10.8. The van der Waals surface area contributed by atoms with Crippen LogP contribution in [0.1, 0.15) is 101 Å². The molecule has 0 spiro atoms. The quantitative estimate of drug-likeness (QED) is 0.263. The van der Waals surface area contributed by atoms with E-state index in [0.717, 1.165) is 73.5 Å². The van der Waals surface area contributed by atoms with Gasteiger partial charge in [-0.1, -0.05) is 51.7 Å². The first-order valence-corrected chi connectivity index (χ1v) is 12.1. The Hall–Kier alpha value is -2.62. The number of carbonyl (C=O) groups is 3. The van der Waals surface area contributed by atoms with Gasteiger partial charge in [-0.3, -0.25) is 0 Å². The molecule has 37 heavy (non-hydrogen) atoms. The van der Waals surface area contributed by atoms with E-state index in [1.54, 1.807) is 20.8 Å². The predicted octanol–water partition coefficient (Wildman–Crippen LogP) is 4.28. The summed E-state index contributed by atoms with van der Waals surface area (Å²) in [5.74, 6) is -3.32. The molecule has 6 nitrogen and oxygen atoms in total. The maximum absolute atomic E-state index is 10.1. The SMILES string of the molecule is CC(C)=CCC/C(C)=C\C(=O)[O-].CC(C)=CCC/C(C)=C\C(=O)[O-].CC(C)=CCC/C(C)=C\C(=O)[O-].[Cr+3]. The van der Waals surface area contributed by atoms with Crippen LogP contribution in [0.15, 0.2) is 69.9 Å². The molecule has 0 unspecified atom stereocenters. The Bertz CT molecular complexity index is 744. The standard InChI is InChI=1S/3C10H16O2.Cr/c3*1-8(2)5-4-6-9(3)7-10(11)12;/h3*5,7H,4,6H2,1-3H3,(H,11,12);/q;;;+3/p-3/b3*9-7-;. The maximum Gasteiger partial charge on any atom is 3.00 e. The van der Waals surface area contributed by atoms with Crippen molar-refractivity contribution in [2.75, 3.05) is 0 Å². The number of carbonyl (C=O) groups excluding carboxylic acids is 3. The molecule has 0 N–H and O–H groups in total. The number of carboxylic acids is 3. The van der Waals surface area contributed by atoms with Crippen molar-refractivity contribution in [3.8, 4) is 0 Å². The van der Waals surface area contributed by atoms with Crippen molar-refractivity contribution in [2.24, 2.45) is 0 Å². The average molecular weight is 554 g/mol. The second-order valence-corrected chi connectivity index (χ2v) is 9.39. The van der Waals surface area contributed by atoms with Gasteiger partial charge in [-0.25, -0.2) is 0 Å². The second-order valence-electron chi connectivity index (χ2n) is 9.39. The number of allylic oxidation sites excluding steroid dienone is 9. The first kappa shape index (κ1) is 41.5. The molecule has 207 valence electrons. The van der Waals surface area contributed by atoms with Gasteiger partial charge in [0, 0.05) is 0 Å². The van der Waals surface area contributed by atoms with Crippen molar-refractivity contribution in [3.63, 3.8) is 0 Å². The van der Waals surface area contributed by atoms with Gasteiger partial charge < -0.3 is 29.7 Å². The summed E-state index contributed by atoms with van der Waals surface area (Å²) in [6, 6.07) is 0. The Morgan fingerprint density at radius 1 is 0.459 bits per heavy atom. The molecule has 0 heterocycles. The summed E-state index contributed by atoms with van der Waals surface area (Å²) >= 11 is 0. The minimum absolute atomic E-state index is 0.